The minimum absolute atomic E-state index is 0.0158. The molecule has 0 unspecified atom stereocenters. The van der Waals surface area contributed by atoms with Crippen molar-refractivity contribution in [2.45, 2.75) is 105 Å². The van der Waals surface area contributed by atoms with Crippen molar-refractivity contribution in [1.29, 1.82) is 0 Å². The molecule has 0 saturated carbocycles. The van der Waals surface area contributed by atoms with Crippen LogP contribution in [0.1, 0.15) is 105 Å². The largest absolute Gasteiger partial charge is 0.455 e. The Hall–Kier alpha value is -6.82. The standard InChI is InChI=1S/C64H62N2O2S/c1-61(2,3)39-21-29-43(30-22-39)65(44-31-23-40(24-32-44)62(4,5)6)49-37-54-58(60-55(49)47-17-13-15-19-51(47)68-60)57-53(69-54)38-50(59-56(57)48-18-14-16-20-52(48)67-59)66(45-33-25-41(26-34-45)63(7,8)9)46-35-27-42(28-36-46)64(10,11)12/h13-38H,1-12H3. The quantitative estimate of drug-likeness (QED) is 0.166. The summed E-state index contributed by atoms with van der Waals surface area (Å²) in [6.45, 7) is 27.3. The van der Waals surface area contributed by atoms with Crippen LogP contribution in [-0.2, 0) is 21.7 Å². The number of hydrogen-bond donors (Lipinski definition) is 0. The number of fused-ring (bicyclic) bond motifs is 11. The number of benzene rings is 8. The maximum atomic E-state index is 7.19. The molecule has 69 heavy (non-hydrogen) atoms. The summed E-state index contributed by atoms with van der Waals surface area (Å²) in [6.07, 6.45) is 0. The maximum absolute atomic E-state index is 7.19. The van der Waals surface area contributed by atoms with Crippen molar-refractivity contribution in [2.75, 3.05) is 9.80 Å². The smallest absolute Gasteiger partial charge is 0.160 e. The third kappa shape index (κ3) is 7.67. The lowest BCUT2D eigenvalue weighted by Crippen LogP contribution is -2.14. The van der Waals surface area contributed by atoms with Crippen LogP contribution in [0.15, 0.2) is 167 Å². The zero-order valence-electron chi connectivity index (χ0n) is 42.1. The molecule has 4 nitrogen and oxygen atoms in total. The average Bonchev–Trinajstić information content (AvgIpc) is 4.00. The van der Waals surface area contributed by atoms with Crippen LogP contribution in [0.25, 0.3) is 64.0 Å². The topological polar surface area (TPSA) is 32.8 Å². The number of nitrogens with zero attached hydrogens (tertiary/aromatic N) is 2. The van der Waals surface area contributed by atoms with Crippen LogP contribution >= 0.6 is 11.3 Å². The number of rotatable bonds is 6. The molecule has 0 amide bonds. The number of anilines is 6. The van der Waals surface area contributed by atoms with Gasteiger partial charge in [0.25, 0.3) is 0 Å². The van der Waals surface area contributed by atoms with E-state index >= 15 is 0 Å². The fourth-order valence-electron chi connectivity index (χ4n) is 10.1. The van der Waals surface area contributed by atoms with Gasteiger partial charge in [0, 0.05) is 59.1 Å². The van der Waals surface area contributed by atoms with E-state index in [1.165, 1.54) is 22.3 Å². The lowest BCUT2D eigenvalue weighted by atomic mass is 9.86. The molecule has 5 heteroatoms. The Labute approximate surface area is 410 Å². The average molecular weight is 923 g/mol. The highest BCUT2D eigenvalue weighted by atomic mass is 32.1. The molecule has 0 saturated heterocycles. The Bertz CT molecular complexity index is 3610. The molecule has 0 atom stereocenters. The fourth-order valence-corrected chi connectivity index (χ4v) is 11.3. The van der Waals surface area contributed by atoms with E-state index in [1.54, 1.807) is 0 Å². The van der Waals surface area contributed by atoms with Gasteiger partial charge in [-0.15, -0.1) is 11.3 Å². The predicted octanol–water partition coefficient (Wildman–Crippen LogP) is 20.0. The van der Waals surface area contributed by atoms with Crippen LogP contribution in [0.2, 0.25) is 0 Å². The van der Waals surface area contributed by atoms with Crippen molar-refractivity contribution in [3.05, 3.63) is 180 Å². The van der Waals surface area contributed by atoms with Gasteiger partial charge in [-0.2, -0.15) is 0 Å². The summed E-state index contributed by atoms with van der Waals surface area (Å²) in [4.78, 5) is 4.82. The molecule has 0 aliphatic carbocycles. The molecule has 8 aromatic carbocycles. The number of thiophene rings is 1. The second kappa shape index (κ2) is 15.9. The minimum Gasteiger partial charge on any atom is -0.455 e. The zero-order chi connectivity index (χ0) is 48.4. The summed E-state index contributed by atoms with van der Waals surface area (Å²) in [5.74, 6) is 0. The second-order valence-corrected chi connectivity index (χ2v) is 24.2. The molecule has 3 heterocycles. The van der Waals surface area contributed by atoms with Crippen molar-refractivity contribution in [1.82, 2.24) is 0 Å². The van der Waals surface area contributed by atoms with Crippen molar-refractivity contribution in [3.8, 4) is 0 Å². The third-order valence-electron chi connectivity index (χ3n) is 14.1. The van der Waals surface area contributed by atoms with E-state index in [-0.39, 0.29) is 21.7 Å². The first-order chi connectivity index (χ1) is 32.7. The van der Waals surface area contributed by atoms with Gasteiger partial charge in [0.05, 0.1) is 16.8 Å². The highest BCUT2D eigenvalue weighted by Gasteiger charge is 2.30. The molecule has 11 rings (SSSR count). The number of para-hydroxylation sites is 2. The number of hydrogen-bond acceptors (Lipinski definition) is 5. The molecule has 3 aromatic heterocycles. The van der Waals surface area contributed by atoms with Gasteiger partial charge in [-0.25, -0.2) is 0 Å². The van der Waals surface area contributed by atoms with Crippen molar-refractivity contribution in [2.24, 2.45) is 0 Å². The molecule has 0 aliphatic rings. The summed E-state index contributed by atoms with van der Waals surface area (Å²) in [5, 5.41) is 6.60. The normalized spacial score (nSPS) is 12.9. The van der Waals surface area contributed by atoms with Gasteiger partial charge in [-0.1, -0.05) is 168 Å². The SMILES string of the molecule is CC(C)(C)c1ccc(N(c2ccc(C(C)(C)C)cc2)c2cc3sc4cc(N(c5ccc(C(C)(C)C)cc5)c5ccc(C(C)(C)C)cc5)c5c6ccccc6oc5c4c3c3c2oc2ccccc23)cc1. The van der Waals surface area contributed by atoms with E-state index in [0.717, 1.165) is 98.2 Å². The van der Waals surface area contributed by atoms with E-state index in [9.17, 15) is 0 Å². The molecule has 0 fully saturated rings. The van der Waals surface area contributed by atoms with Gasteiger partial charge >= 0.3 is 0 Å². The lowest BCUT2D eigenvalue weighted by Gasteiger charge is -2.28. The maximum Gasteiger partial charge on any atom is 0.160 e. The monoisotopic (exact) mass is 922 g/mol. The third-order valence-corrected chi connectivity index (χ3v) is 15.2. The molecular formula is C64H62N2O2S. The Kier molecular flexibility index (Phi) is 10.3. The second-order valence-electron chi connectivity index (χ2n) is 23.1. The van der Waals surface area contributed by atoms with E-state index in [4.69, 9.17) is 8.83 Å². The summed E-state index contributed by atoms with van der Waals surface area (Å²) < 4.78 is 16.6. The summed E-state index contributed by atoms with van der Waals surface area (Å²) in [5.41, 5.74) is 15.1. The Morgan fingerprint density at radius 2 is 0.667 bits per heavy atom. The van der Waals surface area contributed by atoms with Crippen LogP contribution < -0.4 is 9.80 Å². The first-order valence-electron chi connectivity index (χ1n) is 24.4. The molecule has 0 N–H and O–H groups in total. The zero-order valence-corrected chi connectivity index (χ0v) is 42.9. The first kappa shape index (κ1) is 44.7. The van der Waals surface area contributed by atoms with Gasteiger partial charge in [0.15, 0.2) is 5.58 Å². The summed E-state index contributed by atoms with van der Waals surface area (Å²) in [6, 6.07) is 58.3. The highest BCUT2D eigenvalue weighted by Crippen LogP contribution is 2.54. The van der Waals surface area contributed by atoms with E-state index in [0.29, 0.717) is 0 Å². The predicted molar refractivity (Wildman–Crippen MR) is 298 cm³/mol. The van der Waals surface area contributed by atoms with Crippen molar-refractivity contribution < 1.29 is 8.83 Å². The van der Waals surface area contributed by atoms with Gasteiger partial charge in [-0.3, -0.25) is 0 Å². The van der Waals surface area contributed by atoms with Crippen LogP contribution in [0.4, 0.5) is 34.1 Å². The Balaban J connectivity index is 1.24. The first-order valence-corrected chi connectivity index (χ1v) is 25.2. The van der Waals surface area contributed by atoms with Crippen molar-refractivity contribution >= 4 is 110 Å². The van der Waals surface area contributed by atoms with E-state index < -0.39 is 0 Å². The van der Waals surface area contributed by atoms with Gasteiger partial charge in [0.1, 0.15) is 16.7 Å². The fraction of sp³-hybridized carbons (Fsp3) is 0.250. The van der Waals surface area contributed by atoms with Crippen LogP contribution in [0.3, 0.4) is 0 Å². The Morgan fingerprint density at radius 3 is 1.07 bits per heavy atom. The summed E-state index contributed by atoms with van der Waals surface area (Å²) >= 11 is 1.83. The van der Waals surface area contributed by atoms with Gasteiger partial charge in [-0.05, 0) is 117 Å². The minimum atomic E-state index is 0.0158. The molecule has 0 spiro atoms. The van der Waals surface area contributed by atoms with E-state index in [2.05, 4.69) is 251 Å². The van der Waals surface area contributed by atoms with Crippen LogP contribution in [0.5, 0.6) is 0 Å². The van der Waals surface area contributed by atoms with Crippen LogP contribution in [0, 0.1) is 0 Å². The molecule has 346 valence electrons. The lowest BCUT2D eigenvalue weighted by molar-refractivity contribution is 0.590. The van der Waals surface area contributed by atoms with Gasteiger partial charge in [0.2, 0.25) is 0 Å². The molecular weight excluding hydrogens is 861 g/mol. The molecule has 0 bridgehead atoms. The molecule has 11 aromatic rings. The number of furan rings is 2. The van der Waals surface area contributed by atoms with E-state index in [1.807, 2.05) is 11.3 Å². The van der Waals surface area contributed by atoms with Crippen molar-refractivity contribution in [3.63, 3.8) is 0 Å². The van der Waals surface area contributed by atoms with Gasteiger partial charge < -0.3 is 18.6 Å². The summed E-state index contributed by atoms with van der Waals surface area (Å²) in [7, 11) is 0. The highest BCUT2D eigenvalue weighted by molar-refractivity contribution is 7.26. The Morgan fingerprint density at radius 1 is 0.333 bits per heavy atom. The molecule has 0 radical (unpaired) electrons. The van der Waals surface area contributed by atoms with Crippen LogP contribution in [-0.4, -0.2) is 0 Å². The molecule has 0 aliphatic heterocycles.